The molecule has 1 fully saturated rings. The summed E-state index contributed by atoms with van der Waals surface area (Å²) >= 11 is 0. The summed E-state index contributed by atoms with van der Waals surface area (Å²) in [6.07, 6.45) is 1.18. The number of benzene rings is 1. The molecule has 0 amide bonds. The van der Waals surface area contributed by atoms with Gasteiger partial charge in [0.1, 0.15) is 5.82 Å². The van der Waals surface area contributed by atoms with Crippen molar-refractivity contribution >= 4 is 10.0 Å². The molecule has 1 aliphatic heterocycles. The SMILES string of the molecule is N#CCCN1CCCN(S(=O)(=O)c2ccc(F)cc2)CC1. The third kappa shape index (κ3) is 4.00. The first-order chi connectivity index (χ1) is 10.0. The van der Waals surface area contributed by atoms with Crippen LogP contribution in [-0.4, -0.2) is 50.3 Å². The van der Waals surface area contributed by atoms with Gasteiger partial charge in [0, 0.05) is 32.6 Å². The van der Waals surface area contributed by atoms with Crippen LogP contribution < -0.4 is 0 Å². The van der Waals surface area contributed by atoms with Crippen LogP contribution in [0.1, 0.15) is 12.8 Å². The Hall–Kier alpha value is -1.49. The molecule has 0 atom stereocenters. The highest BCUT2D eigenvalue weighted by atomic mass is 32.2. The minimum Gasteiger partial charge on any atom is -0.301 e. The van der Waals surface area contributed by atoms with Crippen molar-refractivity contribution in [1.29, 1.82) is 5.26 Å². The molecule has 1 aromatic rings. The molecule has 0 spiro atoms. The van der Waals surface area contributed by atoms with E-state index in [0.29, 0.717) is 32.6 Å². The van der Waals surface area contributed by atoms with Crippen LogP contribution in [0.3, 0.4) is 0 Å². The van der Waals surface area contributed by atoms with Gasteiger partial charge in [-0.2, -0.15) is 9.57 Å². The Bertz CT molecular complexity index is 610. The molecule has 114 valence electrons. The smallest absolute Gasteiger partial charge is 0.243 e. The molecule has 1 aromatic carbocycles. The highest BCUT2D eigenvalue weighted by molar-refractivity contribution is 7.89. The fourth-order valence-corrected chi connectivity index (χ4v) is 3.84. The van der Waals surface area contributed by atoms with Gasteiger partial charge in [0.05, 0.1) is 11.0 Å². The summed E-state index contributed by atoms with van der Waals surface area (Å²) in [5, 5.41) is 8.61. The molecule has 21 heavy (non-hydrogen) atoms. The lowest BCUT2D eigenvalue weighted by Crippen LogP contribution is -2.35. The summed E-state index contributed by atoms with van der Waals surface area (Å²) < 4.78 is 39.4. The minimum absolute atomic E-state index is 0.120. The van der Waals surface area contributed by atoms with Crippen LogP contribution in [0.15, 0.2) is 29.2 Å². The third-order valence-corrected chi connectivity index (χ3v) is 5.45. The van der Waals surface area contributed by atoms with Crippen LogP contribution >= 0.6 is 0 Å². The summed E-state index contributed by atoms with van der Waals surface area (Å²) in [5.74, 6) is -0.451. The number of rotatable bonds is 4. The summed E-state index contributed by atoms with van der Waals surface area (Å²) in [6, 6.07) is 7.00. The van der Waals surface area contributed by atoms with Gasteiger partial charge < -0.3 is 4.90 Å². The molecule has 0 unspecified atom stereocenters. The van der Waals surface area contributed by atoms with E-state index in [1.165, 1.54) is 16.4 Å². The van der Waals surface area contributed by atoms with Gasteiger partial charge in [0.15, 0.2) is 0 Å². The average Bonchev–Trinajstić information content (AvgIpc) is 2.71. The summed E-state index contributed by atoms with van der Waals surface area (Å²) in [7, 11) is -3.57. The summed E-state index contributed by atoms with van der Waals surface area (Å²) in [4.78, 5) is 2.22. The zero-order valence-corrected chi connectivity index (χ0v) is 12.5. The topological polar surface area (TPSA) is 64.4 Å². The Morgan fingerprint density at radius 3 is 2.52 bits per heavy atom. The minimum atomic E-state index is -3.57. The molecular formula is C14H18FN3O2S. The maximum absolute atomic E-state index is 12.9. The maximum atomic E-state index is 12.9. The van der Waals surface area contributed by atoms with Crippen molar-refractivity contribution in [3.63, 3.8) is 0 Å². The quantitative estimate of drug-likeness (QED) is 0.844. The van der Waals surface area contributed by atoms with Crippen molar-refractivity contribution in [2.45, 2.75) is 17.7 Å². The largest absolute Gasteiger partial charge is 0.301 e. The molecule has 0 aromatic heterocycles. The fraction of sp³-hybridized carbons (Fsp3) is 0.500. The first-order valence-electron chi connectivity index (χ1n) is 6.89. The first-order valence-corrected chi connectivity index (χ1v) is 8.33. The lowest BCUT2D eigenvalue weighted by Gasteiger charge is -2.21. The summed E-state index contributed by atoms with van der Waals surface area (Å²) in [5.41, 5.74) is 0. The number of halogens is 1. The van der Waals surface area contributed by atoms with E-state index in [0.717, 1.165) is 25.1 Å². The maximum Gasteiger partial charge on any atom is 0.243 e. The second-order valence-corrected chi connectivity index (χ2v) is 6.90. The van der Waals surface area contributed by atoms with E-state index in [1.807, 2.05) is 0 Å². The predicted molar refractivity (Wildman–Crippen MR) is 76.4 cm³/mol. The van der Waals surface area contributed by atoms with Crippen molar-refractivity contribution in [3.05, 3.63) is 30.1 Å². The van der Waals surface area contributed by atoms with Gasteiger partial charge in [-0.1, -0.05) is 0 Å². The molecule has 7 heteroatoms. The first kappa shape index (κ1) is 15.9. The second-order valence-electron chi connectivity index (χ2n) is 4.96. The zero-order valence-electron chi connectivity index (χ0n) is 11.7. The van der Waals surface area contributed by atoms with Crippen molar-refractivity contribution in [3.8, 4) is 6.07 Å². The Labute approximate surface area is 124 Å². The molecule has 0 N–H and O–H groups in total. The van der Waals surface area contributed by atoms with E-state index in [1.54, 1.807) is 0 Å². The molecule has 1 aliphatic rings. The molecular weight excluding hydrogens is 293 g/mol. The monoisotopic (exact) mass is 311 g/mol. The van der Waals surface area contributed by atoms with E-state index in [-0.39, 0.29) is 4.90 Å². The zero-order chi connectivity index (χ0) is 15.3. The van der Waals surface area contributed by atoms with E-state index < -0.39 is 15.8 Å². The number of sulfonamides is 1. The number of hydrogen-bond donors (Lipinski definition) is 0. The molecule has 1 saturated heterocycles. The lowest BCUT2D eigenvalue weighted by atomic mass is 10.3. The highest BCUT2D eigenvalue weighted by Gasteiger charge is 2.26. The molecule has 0 aliphatic carbocycles. The fourth-order valence-electron chi connectivity index (χ4n) is 2.37. The van der Waals surface area contributed by atoms with E-state index in [2.05, 4.69) is 11.0 Å². The number of nitriles is 1. The molecule has 1 heterocycles. The standard InChI is InChI=1S/C14H18FN3O2S/c15-13-3-5-14(6-4-13)21(19,20)18-10-2-9-17(11-12-18)8-1-7-16/h3-6H,1-2,8-12H2. The Kier molecular flexibility index (Phi) is 5.28. The van der Waals surface area contributed by atoms with Crippen LogP contribution in [-0.2, 0) is 10.0 Å². The van der Waals surface area contributed by atoms with Gasteiger partial charge in [-0.25, -0.2) is 12.8 Å². The third-order valence-electron chi connectivity index (χ3n) is 3.54. The normalized spacial score (nSPS) is 18.1. The van der Waals surface area contributed by atoms with Crippen molar-refractivity contribution in [1.82, 2.24) is 9.21 Å². The van der Waals surface area contributed by atoms with Crippen LogP contribution in [0.25, 0.3) is 0 Å². The molecule has 5 nitrogen and oxygen atoms in total. The van der Waals surface area contributed by atoms with Crippen LogP contribution in [0.4, 0.5) is 4.39 Å². The van der Waals surface area contributed by atoms with Gasteiger partial charge in [0.25, 0.3) is 0 Å². The molecule has 2 rings (SSSR count). The van der Waals surface area contributed by atoms with Gasteiger partial charge in [0.2, 0.25) is 10.0 Å². The highest BCUT2D eigenvalue weighted by Crippen LogP contribution is 2.18. The van der Waals surface area contributed by atoms with Gasteiger partial charge in [-0.15, -0.1) is 0 Å². The average molecular weight is 311 g/mol. The Morgan fingerprint density at radius 2 is 1.86 bits per heavy atom. The van der Waals surface area contributed by atoms with Gasteiger partial charge >= 0.3 is 0 Å². The lowest BCUT2D eigenvalue weighted by molar-refractivity contribution is 0.293. The van der Waals surface area contributed by atoms with Crippen LogP contribution in [0.5, 0.6) is 0 Å². The molecule has 0 bridgehead atoms. The van der Waals surface area contributed by atoms with E-state index in [4.69, 9.17) is 5.26 Å². The summed E-state index contributed by atoms with van der Waals surface area (Å²) in [6.45, 7) is 2.91. The van der Waals surface area contributed by atoms with Gasteiger partial charge in [-0.05, 0) is 37.2 Å². The second kappa shape index (κ2) is 6.98. The van der Waals surface area contributed by atoms with Crippen molar-refractivity contribution in [2.75, 3.05) is 32.7 Å². The van der Waals surface area contributed by atoms with Crippen LogP contribution in [0.2, 0.25) is 0 Å². The predicted octanol–water partition coefficient (Wildman–Crippen LogP) is 1.44. The van der Waals surface area contributed by atoms with Crippen LogP contribution in [0, 0.1) is 17.1 Å². The van der Waals surface area contributed by atoms with Gasteiger partial charge in [-0.3, -0.25) is 0 Å². The van der Waals surface area contributed by atoms with Crippen molar-refractivity contribution < 1.29 is 12.8 Å². The Morgan fingerprint density at radius 1 is 1.14 bits per heavy atom. The molecule has 0 radical (unpaired) electrons. The number of hydrogen-bond acceptors (Lipinski definition) is 4. The Balaban J connectivity index is 2.07. The molecule has 0 saturated carbocycles. The van der Waals surface area contributed by atoms with E-state index >= 15 is 0 Å². The van der Waals surface area contributed by atoms with Crippen molar-refractivity contribution in [2.24, 2.45) is 0 Å². The number of nitrogens with zero attached hydrogens (tertiary/aromatic N) is 3. The van der Waals surface area contributed by atoms with E-state index in [9.17, 15) is 12.8 Å².